The molecule has 0 aliphatic heterocycles. The molecule has 0 aliphatic carbocycles. The van der Waals surface area contributed by atoms with Crippen LogP contribution in [-0.4, -0.2) is 16.2 Å². The minimum absolute atomic E-state index is 0.866. The van der Waals surface area contributed by atoms with E-state index < -0.39 is 0 Å². The zero-order valence-electron chi connectivity index (χ0n) is 8.23. The summed E-state index contributed by atoms with van der Waals surface area (Å²) in [6.45, 7) is 3.92. The van der Waals surface area contributed by atoms with Crippen LogP contribution < -0.4 is 0 Å². The van der Waals surface area contributed by atoms with Gasteiger partial charge < -0.3 is 0 Å². The number of aliphatic imine (C=N–C) groups is 1. The average molecular weight is 185 g/mol. The Kier molecular flexibility index (Phi) is 2.23. The normalized spacial score (nSPS) is 11.3. The fourth-order valence-corrected chi connectivity index (χ4v) is 1.41. The molecule has 0 amide bonds. The molecule has 0 radical (unpaired) electrons. The SMILES string of the molecule is CC=Nc1c(C)ccc2nccnc12. The molecule has 0 fully saturated rings. The maximum atomic E-state index is 4.31. The third-order valence-electron chi connectivity index (χ3n) is 2.07. The highest BCUT2D eigenvalue weighted by molar-refractivity contribution is 5.89. The molecule has 0 N–H and O–H groups in total. The molecule has 1 heterocycles. The smallest absolute Gasteiger partial charge is 0.114 e. The second-order valence-corrected chi connectivity index (χ2v) is 3.04. The molecule has 3 heteroatoms. The third kappa shape index (κ3) is 1.37. The molecule has 0 spiro atoms. The number of hydrogen-bond donors (Lipinski definition) is 0. The molecule has 0 saturated carbocycles. The molecule has 3 nitrogen and oxygen atoms in total. The summed E-state index contributed by atoms with van der Waals surface area (Å²) in [7, 11) is 0. The Morgan fingerprint density at radius 1 is 1.21 bits per heavy atom. The van der Waals surface area contributed by atoms with Gasteiger partial charge in [-0.1, -0.05) is 6.07 Å². The number of fused-ring (bicyclic) bond motifs is 1. The van der Waals surface area contributed by atoms with Crippen LogP contribution in [0.15, 0.2) is 29.5 Å². The predicted molar refractivity (Wildman–Crippen MR) is 58.1 cm³/mol. The number of hydrogen-bond acceptors (Lipinski definition) is 3. The summed E-state index contributed by atoms with van der Waals surface area (Å²) >= 11 is 0. The molecule has 14 heavy (non-hydrogen) atoms. The van der Waals surface area contributed by atoms with Gasteiger partial charge in [0.1, 0.15) is 5.52 Å². The van der Waals surface area contributed by atoms with Crippen LogP contribution in [-0.2, 0) is 0 Å². The average Bonchev–Trinajstić information content (AvgIpc) is 2.23. The highest BCUT2D eigenvalue weighted by Crippen LogP contribution is 2.26. The zero-order chi connectivity index (χ0) is 9.97. The first-order valence-corrected chi connectivity index (χ1v) is 4.52. The van der Waals surface area contributed by atoms with Crippen molar-refractivity contribution in [2.45, 2.75) is 13.8 Å². The van der Waals surface area contributed by atoms with E-state index in [1.807, 2.05) is 26.0 Å². The first-order chi connectivity index (χ1) is 6.83. The van der Waals surface area contributed by atoms with Crippen LogP contribution >= 0.6 is 0 Å². The van der Waals surface area contributed by atoms with Gasteiger partial charge in [0, 0.05) is 18.6 Å². The van der Waals surface area contributed by atoms with Gasteiger partial charge in [0.05, 0.1) is 11.2 Å². The molecule has 0 unspecified atom stereocenters. The quantitative estimate of drug-likeness (QED) is 0.640. The molecule has 2 aromatic rings. The summed E-state index contributed by atoms with van der Waals surface area (Å²) < 4.78 is 0. The Labute approximate surface area is 82.5 Å². The van der Waals surface area contributed by atoms with Gasteiger partial charge in [-0.2, -0.15) is 0 Å². The fourth-order valence-electron chi connectivity index (χ4n) is 1.41. The molecule has 0 bridgehead atoms. The summed E-state index contributed by atoms with van der Waals surface area (Å²) in [5.41, 5.74) is 3.79. The van der Waals surface area contributed by atoms with E-state index in [9.17, 15) is 0 Å². The minimum Gasteiger partial charge on any atom is -0.259 e. The predicted octanol–water partition coefficient (Wildman–Crippen LogP) is 2.66. The molecular formula is C11H11N3. The van der Waals surface area contributed by atoms with Crippen molar-refractivity contribution in [2.75, 3.05) is 0 Å². The van der Waals surface area contributed by atoms with Crippen molar-refractivity contribution in [3.8, 4) is 0 Å². The Hall–Kier alpha value is -1.77. The van der Waals surface area contributed by atoms with Crippen LogP contribution in [0.25, 0.3) is 11.0 Å². The maximum absolute atomic E-state index is 4.31. The van der Waals surface area contributed by atoms with Crippen molar-refractivity contribution >= 4 is 22.9 Å². The zero-order valence-corrected chi connectivity index (χ0v) is 8.23. The maximum Gasteiger partial charge on any atom is 0.114 e. The molecule has 1 aromatic heterocycles. The van der Waals surface area contributed by atoms with Crippen molar-refractivity contribution < 1.29 is 0 Å². The molecule has 0 aliphatic rings. The summed E-state index contributed by atoms with van der Waals surface area (Å²) in [4.78, 5) is 12.8. The van der Waals surface area contributed by atoms with Gasteiger partial charge in [0.25, 0.3) is 0 Å². The van der Waals surface area contributed by atoms with Crippen molar-refractivity contribution in [1.82, 2.24) is 9.97 Å². The first kappa shape index (κ1) is 8.81. The second-order valence-electron chi connectivity index (χ2n) is 3.04. The largest absolute Gasteiger partial charge is 0.259 e. The minimum atomic E-state index is 0.866. The van der Waals surface area contributed by atoms with Crippen LogP contribution in [0.1, 0.15) is 12.5 Å². The van der Waals surface area contributed by atoms with Gasteiger partial charge in [0.15, 0.2) is 0 Å². The molecule has 70 valence electrons. The van der Waals surface area contributed by atoms with E-state index in [-0.39, 0.29) is 0 Å². The number of rotatable bonds is 1. The van der Waals surface area contributed by atoms with Crippen LogP contribution in [0.4, 0.5) is 5.69 Å². The lowest BCUT2D eigenvalue weighted by atomic mass is 10.1. The molecule has 0 saturated heterocycles. The first-order valence-electron chi connectivity index (χ1n) is 4.52. The highest BCUT2D eigenvalue weighted by Gasteiger charge is 2.03. The molecular weight excluding hydrogens is 174 g/mol. The summed E-state index contributed by atoms with van der Waals surface area (Å²) in [5.74, 6) is 0. The highest BCUT2D eigenvalue weighted by atomic mass is 14.8. The lowest BCUT2D eigenvalue weighted by Gasteiger charge is -2.02. The summed E-state index contributed by atoms with van der Waals surface area (Å²) in [5, 5.41) is 0. The lowest BCUT2D eigenvalue weighted by molar-refractivity contribution is 1.27. The van der Waals surface area contributed by atoms with Crippen LogP contribution in [0.5, 0.6) is 0 Å². The van der Waals surface area contributed by atoms with E-state index in [1.165, 1.54) is 0 Å². The summed E-state index contributed by atoms with van der Waals surface area (Å²) in [6.07, 6.45) is 5.16. The lowest BCUT2D eigenvalue weighted by Crippen LogP contribution is -1.85. The van der Waals surface area contributed by atoms with Crippen LogP contribution in [0.3, 0.4) is 0 Å². The van der Waals surface area contributed by atoms with Crippen molar-refractivity contribution in [3.63, 3.8) is 0 Å². The Bertz CT molecular complexity index is 489. The van der Waals surface area contributed by atoms with E-state index in [4.69, 9.17) is 0 Å². The van der Waals surface area contributed by atoms with Gasteiger partial charge in [-0.15, -0.1) is 0 Å². The van der Waals surface area contributed by atoms with E-state index in [1.54, 1.807) is 18.6 Å². The second kappa shape index (κ2) is 3.54. The Morgan fingerprint density at radius 3 is 2.79 bits per heavy atom. The summed E-state index contributed by atoms with van der Waals surface area (Å²) in [6, 6.07) is 3.98. The van der Waals surface area contributed by atoms with E-state index in [0.717, 1.165) is 22.3 Å². The number of aryl methyl sites for hydroxylation is 1. The van der Waals surface area contributed by atoms with Crippen LogP contribution in [0.2, 0.25) is 0 Å². The van der Waals surface area contributed by atoms with Gasteiger partial charge in [-0.3, -0.25) is 15.0 Å². The van der Waals surface area contributed by atoms with E-state index >= 15 is 0 Å². The van der Waals surface area contributed by atoms with E-state index in [2.05, 4.69) is 15.0 Å². The molecule has 2 rings (SSSR count). The monoisotopic (exact) mass is 185 g/mol. The molecule has 1 aromatic carbocycles. The standard InChI is InChI=1S/C11H11N3/c1-3-12-10-8(2)4-5-9-11(10)14-7-6-13-9/h3-7H,1-2H3. The third-order valence-corrected chi connectivity index (χ3v) is 2.07. The number of benzene rings is 1. The fraction of sp³-hybridized carbons (Fsp3) is 0.182. The van der Waals surface area contributed by atoms with Crippen molar-refractivity contribution in [1.29, 1.82) is 0 Å². The topological polar surface area (TPSA) is 38.1 Å². The van der Waals surface area contributed by atoms with Crippen LogP contribution in [0, 0.1) is 6.92 Å². The van der Waals surface area contributed by atoms with Crippen molar-refractivity contribution in [3.05, 3.63) is 30.1 Å². The molecule has 0 atom stereocenters. The van der Waals surface area contributed by atoms with E-state index in [0.29, 0.717) is 0 Å². The van der Waals surface area contributed by atoms with Gasteiger partial charge in [-0.05, 0) is 25.5 Å². The van der Waals surface area contributed by atoms with Gasteiger partial charge in [0.2, 0.25) is 0 Å². The van der Waals surface area contributed by atoms with Gasteiger partial charge >= 0.3 is 0 Å². The number of aromatic nitrogens is 2. The van der Waals surface area contributed by atoms with Crippen molar-refractivity contribution in [2.24, 2.45) is 4.99 Å². The Morgan fingerprint density at radius 2 is 2.00 bits per heavy atom. The van der Waals surface area contributed by atoms with Gasteiger partial charge in [-0.25, -0.2) is 0 Å². The number of nitrogens with zero attached hydrogens (tertiary/aromatic N) is 3. The Balaban J connectivity index is 2.82.